The van der Waals surface area contributed by atoms with Crippen molar-refractivity contribution in [1.29, 1.82) is 0 Å². The predicted molar refractivity (Wildman–Crippen MR) is 79.0 cm³/mol. The first-order valence-corrected chi connectivity index (χ1v) is 7.43. The lowest BCUT2D eigenvalue weighted by Crippen LogP contribution is -2.18. The van der Waals surface area contributed by atoms with Gasteiger partial charge in [-0.15, -0.1) is 0 Å². The third-order valence-electron chi connectivity index (χ3n) is 4.69. The molecule has 3 atom stereocenters. The molecule has 1 aromatic heterocycles. The number of furan rings is 1. The summed E-state index contributed by atoms with van der Waals surface area (Å²) in [6.07, 6.45) is 5.11. The van der Waals surface area contributed by atoms with Crippen molar-refractivity contribution in [2.75, 3.05) is 0 Å². The smallest absolute Gasteiger partial charge is 0.134 e. The fourth-order valence-corrected chi connectivity index (χ4v) is 3.39. The van der Waals surface area contributed by atoms with E-state index in [4.69, 9.17) is 10.2 Å². The number of hydrogen-bond acceptors (Lipinski definition) is 2. The molecular weight excluding hydrogens is 234 g/mol. The maximum atomic E-state index is 6.43. The zero-order chi connectivity index (χ0) is 13.4. The molecular formula is C17H23NO. The van der Waals surface area contributed by atoms with E-state index >= 15 is 0 Å². The summed E-state index contributed by atoms with van der Waals surface area (Å²) in [6, 6.07) is 8.49. The average molecular weight is 257 g/mol. The van der Waals surface area contributed by atoms with E-state index in [1.54, 1.807) is 0 Å². The van der Waals surface area contributed by atoms with Crippen LogP contribution in [-0.2, 0) is 0 Å². The predicted octanol–water partition coefficient (Wildman–Crippen LogP) is 4.57. The molecule has 2 heteroatoms. The van der Waals surface area contributed by atoms with E-state index in [0.29, 0.717) is 5.92 Å². The van der Waals surface area contributed by atoms with Crippen LogP contribution in [0.15, 0.2) is 28.7 Å². The topological polar surface area (TPSA) is 39.2 Å². The summed E-state index contributed by atoms with van der Waals surface area (Å²) in [7, 11) is 0. The lowest BCUT2D eigenvalue weighted by molar-refractivity contribution is 0.366. The number of benzene rings is 1. The molecule has 0 radical (unpaired) electrons. The lowest BCUT2D eigenvalue weighted by atomic mass is 9.95. The molecule has 1 aliphatic rings. The van der Waals surface area contributed by atoms with Gasteiger partial charge in [0.1, 0.15) is 11.3 Å². The first-order valence-electron chi connectivity index (χ1n) is 7.43. The Kier molecular flexibility index (Phi) is 3.36. The molecule has 1 fully saturated rings. The first kappa shape index (κ1) is 12.7. The van der Waals surface area contributed by atoms with Gasteiger partial charge in [0.15, 0.2) is 0 Å². The van der Waals surface area contributed by atoms with Gasteiger partial charge in [0.05, 0.1) is 6.04 Å². The maximum Gasteiger partial charge on any atom is 0.134 e. The minimum Gasteiger partial charge on any atom is -0.459 e. The highest BCUT2D eigenvalue weighted by Gasteiger charge is 2.30. The summed E-state index contributed by atoms with van der Waals surface area (Å²) in [6.45, 7) is 4.39. The highest BCUT2D eigenvalue weighted by Crippen LogP contribution is 2.40. The Balaban J connectivity index is 1.83. The van der Waals surface area contributed by atoms with E-state index in [9.17, 15) is 0 Å². The van der Waals surface area contributed by atoms with Crippen LogP contribution in [0.4, 0.5) is 0 Å². The highest BCUT2D eigenvalue weighted by atomic mass is 16.3. The number of nitrogens with two attached hydrogens (primary N) is 1. The van der Waals surface area contributed by atoms with Crippen molar-refractivity contribution in [3.8, 4) is 0 Å². The SMILES string of the molecule is CCC1CCC(C(N)c2cc3cc(C)ccc3o2)C1. The molecule has 0 amide bonds. The average Bonchev–Trinajstić information content (AvgIpc) is 3.03. The van der Waals surface area contributed by atoms with Crippen LogP contribution in [0.3, 0.4) is 0 Å². The van der Waals surface area contributed by atoms with Gasteiger partial charge in [0.2, 0.25) is 0 Å². The summed E-state index contributed by atoms with van der Waals surface area (Å²) in [5, 5.41) is 1.18. The van der Waals surface area contributed by atoms with Crippen LogP contribution in [0.5, 0.6) is 0 Å². The van der Waals surface area contributed by atoms with Crippen molar-refractivity contribution < 1.29 is 4.42 Å². The lowest BCUT2D eigenvalue weighted by Gasteiger charge is -2.16. The van der Waals surface area contributed by atoms with Gasteiger partial charge in [-0.05, 0) is 49.8 Å². The van der Waals surface area contributed by atoms with Gasteiger partial charge >= 0.3 is 0 Å². The number of aryl methyl sites for hydroxylation is 1. The van der Waals surface area contributed by atoms with Crippen molar-refractivity contribution >= 4 is 11.0 Å². The van der Waals surface area contributed by atoms with Gasteiger partial charge in [0.25, 0.3) is 0 Å². The van der Waals surface area contributed by atoms with Gasteiger partial charge < -0.3 is 10.2 Å². The molecule has 2 aromatic rings. The quantitative estimate of drug-likeness (QED) is 0.875. The third kappa shape index (κ3) is 2.42. The van der Waals surface area contributed by atoms with Crippen LogP contribution >= 0.6 is 0 Å². The molecule has 1 saturated carbocycles. The Labute approximate surface area is 115 Å². The molecule has 0 spiro atoms. The van der Waals surface area contributed by atoms with Crippen LogP contribution in [-0.4, -0.2) is 0 Å². The van der Waals surface area contributed by atoms with E-state index in [-0.39, 0.29) is 6.04 Å². The van der Waals surface area contributed by atoms with Gasteiger partial charge in [-0.1, -0.05) is 31.4 Å². The fourth-order valence-electron chi connectivity index (χ4n) is 3.39. The summed E-state index contributed by atoms with van der Waals surface area (Å²) >= 11 is 0. The molecule has 2 N–H and O–H groups in total. The Morgan fingerprint density at radius 3 is 2.89 bits per heavy atom. The standard InChI is InChI=1S/C17H23NO/c1-3-12-5-6-13(9-12)17(18)16-10-14-8-11(2)4-7-15(14)19-16/h4,7-8,10,12-13,17H,3,5-6,9,18H2,1-2H3. The third-order valence-corrected chi connectivity index (χ3v) is 4.69. The Bertz CT molecular complexity index is 572. The van der Waals surface area contributed by atoms with Gasteiger partial charge in [-0.2, -0.15) is 0 Å². The highest BCUT2D eigenvalue weighted by molar-refractivity contribution is 5.78. The van der Waals surface area contributed by atoms with Crippen molar-refractivity contribution in [2.45, 2.75) is 45.6 Å². The van der Waals surface area contributed by atoms with Crippen molar-refractivity contribution in [2.24, 2.45) is 17.6 Å². The number of fused-ring (bicyclic) bond motifs is 1. The number of hydrogen-bond donors (Lipinski definition) is 1. The Morgan fingerprint density at radius 2 is 2.16 bits per heavy atom. The van der Waals surface area contributed by atoms with Crippen LogP contribution in [0.1, 0.15) is 50.0 Å². The minimum atomic E-state index is 0.0595. The molecule has 0 bridgehead atoms. The van der Waals surface area contributed by atoms with Gasteiger partial charge in [-0.25, -0.2) is 0 Å². The van der Waals surface area contributed by atoms with Gasteiger partial charge in [-0.3, -0.25) is 0 Å². The van der Waals surface area contributed by atoms with Crippen LogP contribution in [0, 0.1) is 18.8 Å². The zero-order valence-corrected chi connectivity index (χ0v) is 11.9. The van der Waals surface area contributed by atoms with Crippen LogP contribution in [0.25, 0.3) is 11.0 Å². The number of rotatable bonds is 3. The normalized spacial score (nSPS) is 25.0. The van der Waals surface area contributed by atoms with E-state index in [0.717, 1.165) is 17.3 Å². The second-order valence-corrected chi connectivity index (χ2v) is 6.06. The van der Waals surface area contributed by atoms with Crippen LogP contribution in [0.2, 0.25) is 0 Å². The molecule has 0 aliphatic heterocycles. The second kappa shape index (κ2) is 5.01. The monoisotopic (exact) mass is 257 g/mol. The minimum absolute atomic E-state index is 0.0595. The van der Waals surface area contributed by atoms with Gasteiger partial charge in [0, 0.05) is 5.39 Å². The van der Waals surface area contributed by atoms with Crippen LogP contribution < -0.4 is 5.73 Å². The molecule has 1 aliphatic carbocycles. The molecule has 1 aromatic carbocycles. The molecule has 3 rings (SSSR count). The first-order chi connectivity index (χ1) is 9.17. The van der Waals surface area contributed by atoms with Crippen molar-refractivity contribution in [3.05, 3.63) is 35.6 Å². The molecule has 19 heavy (non-hydrogen) atoms. The second-order valence-electron chi connectivity index (χ2n) is 6.06. The van der Waals surface area contributed by atoms with E-state index in [1.807, 2.05) is 6.07 Å². The molecule has 102 valence electrons. The Morgan fingerprint density at radius 1 is 1.32 bits per heavy atom. The summed E-state index contributed by atoms with van der Waals surface area (Å²) in [4.78, 5) is 0. The van der Waals surface area contributed by atoms with Crippen molar-refractivity contribution in [3.63, 3.8) is 0 Å². The maximum absolute atomic E-state index is 6.43. The molecule has 1 heterocycles. The molecule has 2 nitrogen and oxygen atoms in total. The molecule has 3 unspecified atom stereocenters. The van der Waals surface area contributed by atoms with E-state index in [1.165, 1.54) is 36.6 Å². The Hall–Kier alpha value is -1.28. The largest absolute Gasteiger partial charge is 0.459 e. The zero-order valence-electron chi connectivity index (χ0n) is 11.9. The van der Waals surface area contributed by atoms with E-state index < -0.39 is 0 Å². The fraction of sp³-hybridized carbons (Fsp3) is 0.529. The van der Waals surface area contributed by atoms with Crippen molar-refractivity contribution in [1.82, 2.24) is 0 Å². The summed E-state index contributed by atoms with van der Waals surface area (Å²) in [5.74, 6) is 2.41. The summed E-state index contributed by atoms with van der Waals surface area (Å²) < 4.78 is 5.94. The van der Waals surface area contributed by atoms with E-state index in [2.05, 4.69) is 32.0 Å². The summed E-state index contributed by atoms with van der Waals surface area (Å²) in [5.41, 5.74) is 8.65. The molecule has 0 saturated heterocycles.